The minimum atomic E-state index is -4.69. The van der Waals surface area contributed by atoms with Crippen LogP contribution in [0.1, 0.15) is 61.3 Å². The number of aryl methyl sites for hydroxylation is 1. The van der Waals surface area contributed by atoms with Crippen LogP contribution in [0.15, 0.2) is 30.5 Å². The Balaban J connectivity index is 1.67. The number of alkyl halides is 6. The normalized spacial score (nSPS) is 17.5. The van der Waals surface area contributed by atoms with Crippen LogP contribution >= 0.6 is 11.6 Å². The quantitative estimate of drug-likeness (QED) is 0.232. The second kappa shape index (κ2) is 13.6. The summed E-state index contributed by atoms with van der Waals surface area (Å²) in [7, 11) is 1.48. The Morgan fingerprint density at radius 1 is 0.977 bits per heavy atom. The molecule has 1 saturated carbocycles. The summed E-state index contributed by atoms with van der Waals surface area (Å²) in [5.74, 6) is -0.275. The Morgan fingerprint density at radius 2 is 1.64 bits per heavy atom. The number of nitrogens with zero attached hydrogens (tertiary/aromatic N) is 7. The van der Waals surface area contributed by atoms with Gasteiger partial charge in [-0.05, 0) is 79.5 Å². The fourth-order valence-corrected chi connectivity index (χ4v) is 5.79. The molecule has 0 radical (unpaired) electrons. The molecule has 1 aliphatic rings. The van der Waals surface area contributed by atoms with Crippen molar-refractivity contribution in [3.05, 3.63) is 57.7 Å². The zero-order valence-corrected chi connectivity index (χ0v) is 24.8. The molecule has 3 aromatic rings. The molecule has 0 atom stereocenters. The molecule has 0 saturated heterocycles. The lowest BCUT2D eigenvalue weighted by molar-refractivity contribution is -0.139. The highest BCUT2D eigenvalue weighted by Crippen LogP contribution is 2.36. The number of benzene rings is 1. The van der Waals surface area contributed by atoms with Gasteiger partial charge in [0.05, 0.1) is 18.2 Å². The fourth-order valence-electron chi connectivity index (χ4n) is 5.53. The van der Waals surface area contributed by atoms with E-state index < -0.39 is 29.4 Å². The third-order valence-corrected chi connectivity index (χ3v) is 7.88. The minimum Gasteiger partial charge on any atom is -0.481 e. The number of carboxylic acid groups (broad SMARTS) is 1. The maximum absolute atomic E-state index is 13.8. The monoisotopic (exact) mass is 647 g/mol. The number of hydrogen-bond donors (Lipinski definition) is 1. The fraction of sp³-hybridized carbons (Fsp3) is 0.536. The predicted octanol–water partition coefficient (Wildman–Crippen LogP) is 6.61. The number of aliphatic carboxylic acids is 1. The SMILES string of the molecule is CCN(CC1CCC(CC(=O)O)CC1)c1ncc(C(F)(F)F)cc1CN(Cc1cc(Cl)cc(C(F)(F)F)c1)c1nnn(C)n1. The van der Waals surface area contributed by atoms with Crippen LogP contribution in [0.25, 0.3) is 0 Å². The van der Waals surface area contributed by atoms with E-state index in [0.29, 0.717) is 18.9 Å². The van der Waals surface area contributed by atoms with Crippen LogP contribution in [0.3, 0.4) is 0 Å². The molecule has 1 aromatic carbocycles. The molecule has 0 bridgehead atoms. The molecule has 2 aromatic heterocycles. The lowest BCUT2D eigenvalue weighted by Crippen LogP contribution is -2.34. The number of carbonyl (C=O) groups is 1. The number of tetrazole rings is 1. The van der Waals surface area contributed by atoms with Gasteiger partial charge in [-0.15, -0.1) is 5.10 Å². The Hall–Kier alpha value is -3.62. The van der Waals surface area contributed by atoms with E-state index in [0.717, 1.165) is 54.9 Å². The first-order valence-corrected chi connectivity index (χ1v) is 14.4. The molecule has 4 rings (SSSR count). The predicted molar refractivity (Wildman–Crippen MR) is 150 cm³/mol. The van der Waals surface area contributed by atoms with Crippen LogP contribution < -0.4 is 9.80 Å². The molecule has 1 aliphatic carbocycles. The molecule has 0 spiro atoms. The zero-order valence-electron chi connectivity index (χ0n) is 24.0. The van der Waals surface area contributed by atoms with Crippen molar-refractivity contribution in [2.24, 2.45) is 18.9 Å². The van der Waals surface area contributed by atoms with Crippen molar-refractivity contribution in [2.75, 3.05) is 22.9 Å². The van der Waals surface area contributed by atoms with Gasteiger partial charge in [0.1, 0.15) is 5.82 Å². The van der Waals surface area contributed by atoms with Gasteiger partial charge in [0.2, 0.25) is 0 Å². The number of rotatable bonds is 11. The number of halogens is 7. The minimum absolute atomic E-state index is 0.0100. The van der Waals surface area contributed by atoms with Crippen LogP contribution in [0, 0.1) is 11.8 Å². The van der Waals surface area contributed by atoms with E-state index in [2.05, 4.69) is 20.4 Å². The van der Waals surface area contributed by atoms with Crippen molar-refractivity contribution in [3.63, 3.8) is 0 Å². The van der Waals surface area contributed by atoms with Gasteiger partial charge in [-0.2, -0.15) is 31.1 Å². The van der Waals surface area contributed by atoms with Crippen molar-refractivity contribution < 1.29 is 36.2 Å². The maximum atomic E-state index is 13.8. The van der Waals surface area contributed by atoms with Crippen molar-refractivity contribution in [3.8, 4) is 0 Å². The summed E-state index contributed by atoms with van der Waals surface area (Å²) < 4.78 is 82.0. The highest BCUT2D eigenvalue weighted by Gasteiger charge is 2.34. The second-order valence-corrected chi connectivity index (χ2v) is 11.4. The summed E-state index contributed by atoms with van der Waals surface area (Å²) in [6.45, 7) is 2.32. The third-order valence-electron chi connectivity index (χ3n) is 7.66. The van der Waals surface area contributed by atoms with E-state index in [1.807, 2.05) is 11.8 Å². The van der Waals surface area contributed by atoms with Gasteiger partial charge in [0, 0.05) is 49.4 Å². The molecule has 1 N–H and O–H groups in total. The molecular weight excluding hydrogens is 616 g/mol. The number of aromatic nitrogens is 5. The van der Waals surface area contributed by atoms with Gasteiger partial charge in [-0.1, -0.05) is 16.7 Å². The molecule has 240 valence electrons. The summed E-state index contributed by atoms with van der Waals surface area (Å²) in [6, 6.07) is 4.03. The molecule has 9 nitrogen and oxygen atoms in total. The Kier molecular flexibility index (Phi) is 10.3. The van der Waals surface area contributed by atoms with Gasteiger partial charge in [-0.3, -0.25) is 4.79 Å². The number of pyridine rings is 1. The van der Waals surface area contributed by atoms with Crippen molar-refractivity contribution in [1.29, 1.82) is 0 Å². The summed E-state index contributed by atoms with van der Waals surface area (Å²) in [5, 5.41) is 20.9. The maximum Gasteiger partial charge on any atom is 0.417 e. The summed E-state index contributed by atoms with van der Waals surface area (Å²) >= 11 is 6.00. The van der Waals surface area contributed by atoms with Gasteiger partial charge in [-0.25, -0.2) is 4.98 Å². The van der Waals surface area contributed by atoms with Gasteiger partial charge >= 0.3 is 18.3 Å². The lowest BCUT2D eigenvalue weighted by atomic mass is 9.80. The third kappa shape index (κ3) is 8.73. The summed E-state index contributed by atoms with van der Waals surface area (Å²) in [6.07, 6.45) is -5.44. The molecule has 0 aliphatic heterocycles. The van der Waals surface area contributed by atoms with Crippen molar-refractivity contribution in [2.45, 2.75) is 64.5 Å². The number of carboxylic acids is 1. The molecule has 0 amide bonds. The number of hydrogen-bond acceptors (Lipinski definition) is 7. The second-order valence-electron chi connectivity index (χ2n) is 11.0. The van der Waals surface area contributed by atoms with Crippen LogP contribution in [-0.2, 0) is 37.3 Å². The highest BCUT2D eigenvalue weighted by molar-refractivity contribution is 6.30. The largest absolute Gasteiger partial charge is 0.481 e. The van der Waals surface area contributed by atoms with Gasteiger partial charge < -0.3 is 14.9 Å². The standard InChI is InChI=1S/C28H32ClF6N7O2/c1-3-41(14-18-6-4-17(5-7-18)10-24(43)44)25-20(11-22(13-36-25)28(33,34)35)16-42(26-37-39-40(2)38-26)15-19-8-21(27(30,31)32)12-23(29)9-19/h8-9,11-13,17-18H,3-7,10,14-16H2,1-2H3,(H,43,44). The highest BCUT2D eigenvalue weighted by atomic mass is 35.5. The molecule has 44 heavy (non-hydrogen) atoms. The topological polar surface area (TPSA) is 100 Å². The van der Waals surface area contributed by atoms with Crippen molar-refractivity contribution in [1.82, 2.24) is 25.2 Å². The first-order valence-electron chi connectivity index (χ1n) is 14.0. The Bertz CT molecular complexity index is 1440. The summed E-state index contributed by atoms with van der Waals surface area (Å²) in [4.78, 5) is 19.8. The molecular formula is C28H32ClF6N7O2. The van der Waals surface area contributed by atoms with E-state index >= 15 is 0 Å². The molecule has 1 fully saturated rings. The van der Waals surface area contributed by atoms with Gasteiger partial charge in [0.25, 0.3) is 5.95 Å². The smallest absolute Gasteiger partial charge is 0.417 e. The Labute approximate surface area is 254 Å². The zero-order chi connectivity index (χ0) is 32.2. The molecule has 2 heterocycles. The van der Waals surface area contributed by atoms with E-state index in [1.54, 1.807) is 0 Å². The number of anilines is 2. The first kappa shape index (κ1) is 33.3. The van der Waals surface area contributed by atoms with E-state index in [4.69, 9.17) is 16.7 Å². The molecule has 16 heteroatoms. The average Bonchev–Trinajstić information content (AvgIpc) is 3.37. The van der Waals surface area contributed by atoms with Crippen LogP contribution in [0.4, 0.5) is 38.1 Å². The van der Waals surface area contributed by atoms with E-state index in [9.17, 15) is 31.1 Å². The lowest BCUT2D eigenvalue weighted by Gasteiger charge is -2.34. The van der Waals surface area contributed by atoms with E-state index in [1.165, 1.54) is 18.0 Å². The average molecular weight is 648 g/mol. The first-order chi connectivity index (χ1) is 20.6. The van der Waals surface area contributed by atoms with Crippen LogP contribution in [0.5, 0.6) is 0 Å². The van der Waals surface area contributed by atoms with Crippen molar-refractivity contribution >= 4 is 29.3 Å². The van der Waals surface area contributed by atoms with Crippen LogP contribution in [0.2, 0.25) is 5.02 Å². The Morgan fingerprint density at radius 3 is 2.20 bits per heavy atom. The van der Waals surface area contributed by atoms with Gasteiger partial charge in [0.15, 0.2) is 0 Å². The van der Waals surface area contributed by atoms with Crippen LogP contribution in [-0.4, -0.2) is 49.4 Å². The summed E-state index contributed by atoms with van der Waals surface area (Å²) in [5.41, 5.74) is -1.63. The van der Waals surface area contributed by atoms with E-state index in [-0.39, 0.29) is 53.4 Å². The molecule has 0 unspecified atom stereocenters.